The van der Waals surface area contributed by atoms with E-state index in [1.54, 1.807) is 25.7 Å². The first-order valence-electron chi connectivity index (χ1n) is 9.83. The summed E-state index contributed by atoms with van der Waals surface area (Å²) in [7, 11) is 0. The number of rotatable bonds is 4. The van der Waals surface area contributed by atoms with Gasteiger partial charge in [0.15, 0.2) is 0 Å². The zero-order valence-electron chi connectivity index (χ0n) is 17.0. The average molecular weight is 404 g/mol. The summed E-state index contributed by atoms with van der Waals surface area (Å²) in [5.41, 5.74) is -1.28. The van der Waals surface area contributed by atoms with Crippen LogP contribution in [0.5, 0.6) is 0 Å². The minimum atomic E-state index is -1.46. The fraction of sp³-hybridized carbons (Fsp3) is 0.571. The third-order valence-electron chi connectivity index (χ3n) is 5.36. The summed E-state index contributed by atoms with van der Waals surface area (Å²) in [5, 5.41) is 12.5. The maximum atomic E-state index is 12.6. The topological polar surface area (TPSA) is 105 Å². The number of hydrogen-bond donors (Lipinski definition) is 2. The van der Waals surface area contributed by atoms with Crippen molar-refractivity contribution in [1.29, 1.82) is 0 Å². The maximum absolute atomic E-state index is 12.6. The van der Waals surface area contributed by atoms with E-state index in [1.165, 1.54) is 0 Å². The van der Waals surface area contributed by atoms with Crippen LogP contribution in [0.3, 0.4) is 0 Å². The molecule has 3 rings (SSSR count). The fourth-order valence-corrected chi connectivity index (χ4v) is 4.15. The minimum Gasteiger partial charge on any atom is -0.480 e. The summed E-state index contributed by atoms with van der Waals surface area (Å²) in [5.74, 6) is -1.12. The number of benzene rings is 1. The lowest BCUT2D eigenvalue weighted by Crippen LogP contribution is -2.64. The van der Waals surface area contributed by atoms with E-state index < -0.39 is 29.3 Å². The van der Waals surface area contributed by atoms with E-state index in [1.807, 2.05) is 30.3 Å². The molecule has 2 fully saturated rings. The number of nitrogens with zero attached hydrogens (tertiary/aromatic N) is 1. The zero-order valence-corrected chi connectivity index (χ0v) is 17.0. The van der Waals surface area contributed by atoms with Crippen molar-refractivity contribution < 1.29 is 29.0 Å². The molecule has 2 unspecified atom stereocenters. The quantitative estimate of drug-likeness (QED) is 0.798. The Morgan fingerprint density at radius 1 is 1.14 bits per heavy atom. The number of alkyl carbamates (subject to hydrolysis) is 1. The van der Waals surface area contributed by atoms with Gasteiger partial charge in [-0.1, -0.05) is 30.3 Å². The van der Waals surface area contributed by atoms with E-state index in [0.29, 0.717) is 12.8 Å². The summed E-state index contributed by atoms with van der Waals surface area (Å²) in [6.45, 7) is 5.44. The molecule has 2 saturated heterocycles. The van der Waals surface area contributed by atoms with Gasteiger partial charge in [-0.2, -0.15) is 0 Å². The molecule has 8 nitrogen and oxygen atoms in total. The molecule has 2 heterocycles. The zero-order chi connectivity index (χ0) is 21.2. The minimum absolute atomic E-state index is 0.0548. The summed E-state index contributed by atoms with van der Waals surface area (Å²) >= 11 is 0. The van der Waals surface area contributed by atoms with Crippen LogP contribution in [0.4, 0.5) is 9.59 Å². The Kier molecular flexibility index (Phi) is 5.73. The number of carbonyl (C=O) groups excluding carboxylic acids is 2. The van der Waals surface area contributed by atoms with E-state index in [-0.39, 0.29) is 31.5 Å². The molecule has 0 radical (unpaired) electrons. The molecule has 2 atom stereocenters. The van der Waals surface area contributed by atoms with Gasteiger partial charge in [0.1, 0.15) is 17.7 Å². The SMILES string of the molecule is CC(C)(C)OC(=O)N1C2CCC1CC(NC(=O)OCc1ccccc1)(C(=O)O)C2. The highest BCUT2D eigenvalue weighted by molar-refractivity contribution is 5.85. The van der Waals surface area contributed by atoms with Gasteiger partial charge in [0.05, 0.1) is 0 Å². The average Bonchev–Trinajstić information content (AvgIpc) is 2.91. The second-order valence-electron chi connectivity index (χ2n) is 8.75. The lowest BCUT2D eigenvalue weighted by molar-refractivity contribution is -0.148. The fourth-order valence-electron chi connectivity index (χ4n) is 4.15. The monoisotopic (exact) mass is 404 g/mol. The van der Waals surface area contributed by atoms with E-state index >= 15 is 0 Å². The largest absolute Gasteiger partial charge is 0.480 e. The van der Waals surface area contributed by atoms with Crippen molar-refractivity contribution in [3.63, 3.8) is 0 Å². The Hall–Kier alpha value is -2.77. The summed E-state index contributed by atoms with van der Waals surface area (Å²) in [4.78, 5) is 38.7. The molecule has 2 aliphatic heterocycles. The van der Waals surface area contributed by atoms with Crippen LogP contribution >= 0.6 is 0 Å². The van der Waals surface area contributed by atoms with Crippen molar-refractivity contribution in [1.82, 2.24) is 10.2 Å². The molecule has 0 aliphatic carbocycles. The Balaban J connectivity index is 1.67. The Labute approximate surface area is 170 Å². The number of fused-ring (bicyclic) bond motifs is 2. The summed E-state index contributed by atoms with van der Waals surface area (Å²) < 4.78 is 10.7. The van der Waals surface area contributed by atoms with Crippen LogP contribution in [0, 0.1) is 0 Å². The van der Waals surface area contributed by atoms with E-state index in [0.717, 1.165) is 5.56 Å². The number of ether oxygens (including phenoxy) is 2. The van der Waals surface area contributed by atoms with Crippen LogP contribution < -0.4 is 5.32 Å². The van der Waals surface area contributed by atoms with Crippen molar-refractivity contribution in [3.05, 3.63) is 35.9 Å². The first-order valence-corrected chi connectivity index (χ1v) is 9.83. The molecular formula is C21H28N2O6. The van der Waals surface area contributed by atoms with Crippen molar-refractivity contribution in [3.8, 4) is 0 Å². The second-order valence-corrected chi connectivity index (χ2v) is 8.75. The van der Waals surface area contributed by atoms with E-state index in [4.69, 9.17) is 9.47 Å². The molecule has 2 bridgehead atoms. The number of aliphatic carboxylic acids is 1. The normalized spacial score (nSPS) is 26.0. The van der Waals surface area contributed by atoms with Gasteiger partial charge in [0.2, 0.25) is 0 Å². The lowest BCUT2D eigenvalue weighted by atomic mass is 9.83. The number of piperidine rings is 1. The summed E-state index contributed by atoms with van der Waals surface area (Å²) in [6.07, 6.45) is 0.396. The maximum Gasteiger partial charge on any atom is 0.410 e. The highest BCUT2D eigenvalue weighted by Gasteiger charge is 2.55. The van der Waals surface area contributed by atoms with Gasteiger partial charge in [-0.05, 0) is 39.2 Å². The van der Waals surface area contributed by atoms with Gasteiger partial charge >= 0.3 is 18.2 Å². The first kappa shape index (κ1) is 21.0. The third-order valence-corrected chi connectivity index (χ3v) is 5.36. The smallest absolute Gasteiger partial charge is 0.410 e. The molecule has 0 saturated carbocycles. The standard InChI is InChI=1S/C21H28N2O6/c1-20(2,3)29-19(27)23-15-9-10-16(23)12-21(11-15,17(24)25)22-18(26)28-13-14-7-5-4-6-8-14/h4-8,15-16H,9-13H2,1-3H3,(H,22,26)(H,24,25). The van der Waals surface area contributed by atoms with Gasteiger partial charge in [-0.15, -0.1) is 0 Å². The van der Waals surface area contributed by atoms with Crippen LogP contribution in [-0.2, 0) is 20.9 Å². The lowest BCUT2D eigenvalue weighted by Gasteiger charge is -2.44. The number of amides is 2. The Morgan fingerprint density at radius 3 is 2.24 bits per heavy atom. The molecular weight excluding hydrogens is 376 g/mol. The van der Waals surface area contributed by atoms with Gasteiger partial charge in [-0.25, -0.2) is 14.4 Å². The molecule has 2 aliphatic rings. The van der Waals surface area contributed by atoms with Gasteiger partial charge in [0.25, 0.3) is 0 Å². The molecule has 0 spiro atoms. The van der Waals surface area contributed by atoms with Gasteiger partial charge in [-0.3, -0.25) is 0 Å². The van der Waals surface area contributed by atoms with E-state index in [2.05, 4.69) is 5.32 Å². The van der Waals surface area contributed by atoms with Crippen molar-refractivity contribution >= 4 is 18.2 Å². The van der Waals surface area contributed by atoms with Crippen molar-refractivity contribution in [2.45, 2.75) is 76.3 Å². The van der Waals surface area contributed by atoms with Crippen molar-refractivity contribution in [2.75, 3.05) is 0 Å². The molecule has 0 aromatic heterocycles. The summed E-state index contributed by atoms with van der Waals surface area (Å²) in [6, 6.07) is 8.57. The van der Waals surface area contributed by atoms with Crippen molar-refractivity contribution in [2.24, 2.45) is 0 Å². The number of carboxylic acids is 1. The van der Waals surface area contributed by atoms with Crippen LogP contribution in [0.1, 0.15) is 52.0 Å². The number of nitrogens with one attached hydrogen (secondary N) is 1. The number of hydrogen-bond acceptors (Lipinski definition) is 5. The molecule has 1 aromatic carbocycles. The predicted octanol–water partition coefficient (Wildman–Crippen LogP) is 3.30. The molecule has 2 N–H and O–H groups in total. The van der Waals surface area contributed by atoms with Gasteiger partial charge < -0.3 is 24.8 Å². The van der Waals surface area contributed by atoms with Gasteiger partial charge in [0, 0.05) is 24.9 Å². The van der Waals surface area contributed by atoms with Crippen LogP contribution in [0.2, 0.25) is 0 Å². The molecule has 8 heteroatoms. The van der Waals surface area contributed by atoms with Crippen LogP contribution in [0.15, 0.2) is 30.3 Å². The molecule has 1 aromatic rings. The van der Waals surface area contributed by atoms with Crippen LogP contribution in [0.25, 0.3) is 0 Å². The number of carboxylic acid groups (broad SMARTS) is 1. The highest BCUT2D eigenvalue weighted by atomic mass is 16.6. The highest BCUT2D eigenvalue weighted by Crippen LogP contribution is 2.42. The molecule has 29 heavy (non-hydrogen) atoms. The molecule has 158 valence electrons. The Morgan fingerprint density at radius 2 is 1.72 bits per heavy atom. The van der Waals surface area contributed by atoms with E-state index in [9.17, 15) is 19.5 Å². The predicted molar refractivity (Wildman–Crippen MR) is 104 cm³/mol. The Bertz CT molecular complexity index is 759. The second kappa shape index (κ2) is 7.93. The third kappa shape index (κ3) is 4.81. The van der Waals surface area contributed by atoms with Crippen LogP contribution in [-0.4, -0.2) is 51.4 Å². The number of carbonyl (C=O) groups is 3. The molecule has 2 amide bonds. The first-order chi connectivity index (χ1) is 13.6.